The molecule has 2 heterocycles. The lowest BCUT2D eigenvalue weighted by atomic mass is 10.0. The quantitative estimate of drug-likeness (QED) is 0.860. The van der Waals surface area contributed by atoms with Gasteiger partial charge in [-0.25, -0.2) is 0 Å². The van der Waals surface area contributed by atoms with Crippen molar-refractivity contribution in [3.63, 3.8) is 0 Å². The Morgan fingerprint density at radius 3 is 2.67 bits per heavy atom. The number of nitrogens with two attached hydrogens (primary N) is 1. The summed E-state index contributed by atoms with van der Waals surface area (Å²) in [5, 5.41) is 1.30. The van der Waals surface area contributed by atoms with Crippen molar-refractivity contribution in [3.8, 4) is 0 Å². The first kappa shape index (κ1) is 14.6. The molecule has 21 heavy (non-hydrogen) atoms. The molecular formula is C17H25N3O. The van der Waals surface area contributed by atoms with Gasteiger partial charge in [-0.1, -0.05) is 0 Å². The molecule has 0 spiro atoms. The molecule has 4 heteroatoms. The first-order valence-electron chi connectivity index (χ1n) is 7.76. The fourth-order valence-corrected chi connectivity index (χ4v) is 3.24. The van der Waals surface area contributed by atoms with Gasteiger partial charge < -0.3 is 15.0 Å². The Bertz CT molecular complexity index is 645. The van der Waals surface area contributed by atoms with E-state index in [1.807, 2.05) is 6.92 Å². The van der Waals surface area contributed by atoms with E-state index in [-0.39, 0.29) is 6.04 Å². The number of ether oxygens (including phenoxy) is 1. The number of rotatable bonds is 5. The summed E-state index contributed by atoms with van der Waals surface area (Å²) in [6.07, 6.45) is 2.16. The second-order valence-corrected chi connectivity index (χ2v) is 6.03. The third kappa shape index (κ3) is 2.71. The molecule has 0 amide bonds. The molecule has 1 aromatic heterocycles. The monoisotopic (exact) mass is 287 g/mol. The van der Waals surface area contributed by atoms with Crippen LogP contribution in [0.25, 0.3) is 10.9 Å². The zero-order valence-corrected chi connectivity index (χ0v) is 13.2. The molecule has 2 aromatic rings. The van der Waals surface area contributed by atoms with Crippen molar-refractivity contribution in [2.45, 2.75) is 33.0 Å². The topological polar surface area (TPSA) is 43.4 Å². The predicted octanol–water partition coefficient (Wildman–Crippen LogP) is 2.55. The maximum Gasteiger partial charge on any atom is 0.0593 e. The van der Waals surface area contributed by atoms with E-state index in [1.165, 1.54) is 27.6 Å². The van der Waals surface area contributed by atoms with Crippen LogP contribution in [-0.4, -0.2) is 29.2 Å². The molecule has 2 N–H and O–H groups in total. The highest BCUT2D eigenvalue weighted by molar-refractivity contribution is 5.86. The highest BCUT2D eigenvalue weighted by Gasteiger charge is 2.21. The van der Waals surface area contributed by atoms with Crippen molar-refractivity contribution in [1.82, 2.24) is 9.47 Å². The van der Waals surface area contributed by atoms with Crippen LogP contribution in [0.1, 0.15) is 36.6 Å². The molecule has 1 unspecified atom stereocenters. The molecule has 1 aromatic carbocycles. The van der Waals surface area contributed by atoms with Crippen molar-refractivity contribution < 1.29 is 4.74 Å². The second-order valence-electron chi connectivity index (χ2n) is 6.03. The van der Waals surface area contributed by atoms with Crippen molar-refractivity contribution in [1.29, 1.82) is 0 Å². The van der Waals surface area contributed by atoms with Gasteiger partial charge in [0.2, 0.25) is 0 Å². The SMILES string of the molecule is CCOCCN1Cc2cc3c(C(C)N)cn(C)c3cc2C1. The van der Waals surface area contributed by atoms with E-state index < -0.39 is 0 Å². The minimum Gasteiger partial charge on any atom is -0.380 e. The highest BCUT2D eigenvalue weighted by atomic mass is 16.5. The summed E-state index contributed by atoms with van der Waals surface area (Å²) in [6, 6.07) is 4.74. The van der Waals surface area contributed by atoms with Crippen molar-refractivity contribution in [2.24, 2.45) is 12.8 Å². The second kappa shape index (κ2) is 5.79. The predicted molar refractivity (Wildman–Crippen MR) is 86.1 cm³/mol. The summed E-state index contributed by atoms with van der Waals surface area (Å²) in [5.74, 6) is 0. The summed E-state index contributed by atoms with van der Waals surface area (Å²) in [4.78, 5) is 2.45. The molecule has 0 saturated heterocycles. The van der Waals surface area contributed by atoms with Crippen molar-refractivity contribution in [3.05, 3.63) is 35.0 Å². The molecule has 3 rings (SSSR count). The number of fused-ring (bicyclic) bond motifs is 2. The van der Waals surface area contributed by atoms with Gasteiger partial charge in [0.15, 0.2) is 0 Å². The minimum atomic E-state index is 0.0715. The average molecular weight is 287 g/mol. The number of benzene rings is 1. The van der Waals surface area contributed by atoms with Crippen LogP contribution >= 0.6 is 0 Å². The van der Waals surface area contributed by atoms with E-state index in [0.29, 0.717) is 0 Å². The van der Waals surface area contributed by atoms with Crippen LogP contribution in [-0.2, 0) is 24.9 Å². The van der Waals surface area contributed by atoms with Crippen LogP contribution in [0.15, 0.2) is 18.3 Å². The summed E-state index contributed by atoms with van der Waals surface area (Å²) in [7, 11) is 2.10. The van der Waals surface area contributed by atoms with Gasteiger partial charge in [0, 0.05) is 56.4 Å². The largest absolute Gasteiger partial charge is 0.380 e. The fraction of sp³-hybridized carbons (Fsp3) is 0.529. The molecule has 0 radical (unpaired) electrons. The van der Waals surface area contributed by atoms with Gasteiger partial charge >= 0.3 is 0 Å². The molecule has 0 saturated carbocycles. The van der Waals surface area contributed by atoms with Crippen LogP contribution in [0.2, 0.25) is 0 Å². The minimum absolute atomic E-state index is 0.0715. The maximum absolute atomic E-state index is 6.11. The van der Waals surface area contributed by atoms with E-state index in [2.05, 4.69) is 41.8 Å². The molecule has 4 nitrogen and oxygen atoms in total. The van der Waals surface area contributed by atoms with E-state index in [0.717, 1.165) is 32.8 Å². The van der Waals surface area contributed by atoms with E-state index >= 15 is 0 Å². The number of nitrogens with zero attached hydrogens (tertiary/aromatic N) is 2. The number of aromatic nitrogens is 1. The van der Waals surface area contributed by atoms with Crippen LogP contribution in [0.4, 0.5) is 0 Å². The van der Waals surface area contributed by atoms with Gasteiger partial charge in [0.05, 0.1) is 6.61 Å². The van der Waals surface area contributed by atoms with E-state index in [1.54, 1.807) is 0 Å². The maximum atomic E-state index is 6.11. The molecule has 114 valence electrons. The van der Waals surface area contributed by atoms with Gasteiger partial charge in [-0.3, -0.25) is 4.90 Å². The summed E-state index contributed by atoms with van der Waals surface area (Å²) in [6.45, 7) is 8.75. The first-order chi connectivity index (χ1) is 10.1. The summed E-state index contributed by atoms with van der Waals surface area (Å²) >= 11 is 0. The standard InChI is InChI=1S/C17H25N3O/c1-4-21-6-5-20-9-13-7-15-16(12(2)18)11-19(3)17(15)8-14(13)10-20/h7-8,11-12H,4-6,9-10,18H2,1-3H3. The fourth-order valence-electron chi connectivity index (χ4n) is 3.24. The Hall–Kier alpha value is -1.36. The molecule has 1 aliphatic rings. The van der Waals surface area contributed by atoms with Gasteiger partial charge in [-0.2, -0.15) is 0 Å². The Morgan fingerprint density at radius 1 is 1.29 bits per heavy atom. The lowest BCUT2D eigenvalue weighted by Crippen LogP contribution is -2.21. The lowest BCUT2D eigenvalue weighted by molar-refractivity contribution is 0.113. The van der Waals surface area contributed by atoms with Gasteiger partial charge in [0.1, 0.15) is 0 Å². The Labute approximate surface area is 126 Å². The molecule has 0 fully saturated rings. The zero-order chi connectivity index (χ0) is 15.0. The van der Waals surface area contributed by atoms with E-state index in [4.69, 9.17) is 10.5 Å². The summed E-state index contributed by atoms with van der Waals surface area (Å²) < 4.78 is 7.66. The Morgan fingerprint density at radius 2 is 2.00 bits per heavy atom. The molecular weight excluding hydrogens is 262 g/mol. The molecule has 1 aliphatic heterocycles. The smallest absolute Gasteiger partial charge is 0.0593 e. The zero-order valence-electron chi connectivity index (χ0n) is 13.2. The number of aryl methyl sites for hydroxylation is 1. The Balaban J connectivity index is 1.88. The normalized spacial score (nSPS) is 16.6. The Kier molecular flexibility index (Phi) is 4.02. The summed E-state index contributed by atoms with van der Waals surface area (Å²) in [5.41, 5.74) is 11.5. The number of hydrogen-bond acceptors (Lipinski definition) is 3. The van der Waals surface area contributed by atoms with Crippen molar-refractivity contribution in [2.75, 3.05) is 19.8 Å². The van der Waals surface area contributed by atoms with Crippen molar-refractivity contribution >= 4 is 10.9 Å². The lowest BCUT2D eigenvalue weighted by Gasteiger charge is -2.13. The number of hydrogen-bond donors (Lipinski definition) is 1. The molecule has 1 atom stereocenters. The van der Waals surface area contributed by atoms with Crippen LogP contribution in [0.5, 0.6) is 0 Å². The third-order valence-corrected chi connectivity index (χ3v) is 4.38. The van der Waals surface area contributed by atoms with Gasteiger partial charge in [-0.05, 0) is 42.7 Å². The van der Waals surface area contributed by atoms with Crippen LogP contribution < -0.4 is 5.73 Å². The van der Waals surface area contributed by atoms with Gasteiger partial charge in [0.25, 0.3) is 0 Å². The van der Waals surface area contributed by atoms with Crippen LogP contribution in [0.3, 0.4) is 0 Å². The van der Waals surface area contributed by atoms with Crippen LogP contribution in [0, 0.1) is 0 Å². The molecule has 0 bridgehead atoms. The third-order valence-electron chi connectivity index (χ3n) is 4.38. The highest BCUT2D eigenvalue weighted by Crippen LogP contribution is 2.32. The first-order valence-corrected chi connectivity index (χ1v) is 7.76. The average Bonchev–Trinajstić information content (AvgIpc) is 2.98. The molecule has 0 aliphatic carbocycles. The van der Waals surface area contributed by atoms with E-state index in [9.17, 15) is 0 Å². The van der Waals surface area contributed by atoms with Gasteiger partial charge in [-0.15, -0.1) is 0 Å².